The Balaban J connectivity index is 1.56. The van der Waals surface area contributed by atoms with Crippen molar-refractivity contribution in [1.29, 1.82) is 0 Å². The van der Waals surface area contributed by atoms with Crippen LogP contribution in [-0.2, 0) is 15.7 Å². The third kappa shape index (κ3) is 4.38. The first-order chi connectivity index (χ1) is 14.3. The number of amides is 1. The molecule has 2 heterocycles. The Kier molecular flexibility index (Phi) is 5.34. The normalized spacial score (nSPS) is 16.6. The number of carbonyl (C=O) groups is 1. The maximum Gasteiger partial charge on any atom is 0.416 e. The number of nitrogens with one attached hydrogen (secondary N) is 2. The van der Waals surface area contributed by atoms with E-state index in [2.05, 4.69) is 15.6 Å². The highest BCUT2D eigenvalue weighted by Gasteiger charge is 2.30. The molecule has 0 radical (unpaired) electrons. The predicted octanol–water partition coefficient (Wildman–Crippen LogP) is 5.42. The van der Waals surface area contributed by atoms with E-state index in [1.54, 1.807) is 24.3 Å². The van der Waals surface area contributed by atoms with Crippen molar-refractivity contribution in [3.8, 4) is 0 Å². The fourth-order valence-electron chi connectivity index (χ4n) is 3.46. The number of halogens is 3. The lowest BCUT2D eigenvalue weighted by atomic mass is 10.1. The molecule has 2 aromatic carbocycles. The molecule has 0 spiro atoms. The number of ether oxygens (including phenoxy) is 1. The van der Waals surface area contributed by atoms with Gasteiger partial charge in [-0.25, -0.2) is 4.98 Å². The van der Waals surface area contributed by atoms with E-state index in [1.165, 1.54) is 6.07 Å². The molecule has 3 aromatic rings. The number of fused-ring (bicyclic) bond motifs is 1. The SMILES string of the molecule is Cc1cc(Nc2cccc(C(F)(F)F)c2)nc2ccc(NC(=O)C3CCCO3)cc12. The number of anilines is 3. The number of rotatable bonds is 4. The van der Waals surface area contributed by atoms with Gasteiger partial charge in [0, 0.05) is 23.4 Å². The van der Waals surface area contributed by atoms with Crippen LogP contribution in [0.3, 0.4) is 0 Å². The summed E-state index contributed by atoms with van der Waals surface area (Å²) in [6.07, 6.45) is -3.24. The number of hydrogen-bond donors (Lipinski definition) is 2. The van der Waals surface area contributed by atoms with Gasteiger partial charge in [0.05, 0.1) is 11.1 Å². The molecule has 0 saturated carbocycles. The van der Waals surface area contributed by atoms with Gasteiger partial charge in [-0.2, -0.15) is 13.2 Å². The summed E-state index contributed by atoms with van der Waals surface area (Å²) in [5.41, 5.74) is 1.77. The topological polar surface area (TPSA) is 63.2 Å². The Hall–Kier alpha value is -3.13. The Morgan fingerprint density at radius 3 is 2.70 bits per heavy atom. The number of alkyl halides is 3. The number of pyridine rings is 1. The van der Waals surface area contributed by atoms with Crippen LogP contribution in [0.15, 0.2) is 48.5 Å². The van der Waals surface area contributed by atoms with Gasteiger partial charge < -0.3 is 15.4 Å². The van der Waals surface area contributed by atoms with Crippen molar-refractivity contribution in [3.05, 3.63) is 59.7 Å². The van der Waals surface area contributed by atoms with Crippen LogP contribution >= 0.6 is 0 Å². The van der Waals surface area contributed by atoms with Gasteiger partial charge in [-0.1, -0.05) is 6.07 Å². The molecule has 2 N–H and O–H groups in total. The summed E-state index contributed by atoms with van der Waals surface area (Å²) in [6.45, 7) is 2.48. The van der Waals surface area contributed by atoms with E-state index in [1.807, 2.05) is 13.0 Å². The van der Waals surface area contributed by atoms with Gasteiger partial charge in [0.1, 0.15) is 11.9 Å². The Labute approximate surface area is 171 Å². The zero-order valence-electron chi connectivity index (χ0n) is 16.2. The second kappa shape index (κ2) is 7.95. The number of aryl methyl sites for hydroxylation is 1. The van der Waals surface area contributed by atoms with E-state index in [0.717, 1.165) is 29.5 Å². The number of hydrogen-bond acceptors (Lipinski definition) is 4. The van der Waals surface area contributed by atoms with E-state index >= 15 is 0 Å². The molecule has 156 valence electrons. The molecule has 1 fully saturated rings. The molecular formula is C22H20F3N3O2. The monoisotopic (exact) mass is 415 g/mol. The highest BCUT2D eigenvalue weighted by molar-refractivity contribution is 5.97. The molecule has 5 nitrogen and oxygen atoms in total. The van der Waals surface area contributed by atoms with Gasteiger partial charge in [0.25, 0.3) is 5.91 Å². The Morgan fingerprint density at radius 2 is 1.97 bits per heavy atom. The van der Waals surface area contributed by atoms with Crippen LogP contribution in [0.5, 0.6) is 0 Å². The highest BCUT2D eigenvalue weighted by atomic mass is 19.4. The summed E-state index contributed by atoms with van der Waals surface area (Å²) in [4.78, 5) is 16.7. The number of benzene rings is 2. The molecule has 1 aliphatic heterocycles. The highest BCUT2D eigenvalue weighted by Crippen LogP contribution is 2.32. The molecule has 30 heavy (non-hydrogen) atoms. The van der Waals surface area contributed by atoms with Crippen molar-refractivity contribution < 1.29 is 22.7 Å². The van der Waals surface area contributed by atoms with Crippen molar-refractivity contribution in [2.45, 2.75) is 32.0 Å². The standard InChI is InChI=1S/C22H20F3N3O2/c1-13-10-20(26-15-5-2-4-14(11-15)22(23,24)25)28-18-8-7-16(12-17(13)18)27-21(29)19-6-3-9-30-19/h2,4-5,7-8,10-12,19H,3,6,9H2,1H3,(H,26,28)(H,27,29). The summed E-state index contributed by atoms with van der Waals surface area (Å²) in [7, 11) is 0. The van der Waals surface area contributed by atoms with Crippen LogP contribution in [0.2, 0.25) is 0 Å². The molecule has 1 amide bonds. The lowest BCUT2D eigenvalue weighted by Crippen LogP contribution is -2.26. The quantitative estimate of drug-likeness (QED) is 0.597. The third-order valence-corrected chi connectivity index (χ3v) is 4.97. The summed E-state index contributed by atoms with van der Waals surface area (Å²) in [6, 6.07) is 12.1. The first-order valence-electron chi connectivity index (χ1n) is 9.58. The molecule has 1 atom stereocenters. The molecule has 0 bridgehead atoms. The fraction of sp³-hybridized carbons (Fsp3) is 0.273. The van der Waals surface area contributed by atoms with Gasteiger partial charge >= 0.3 is 6.18 Å². The minimum absolute atomic E-state index is 0.166. The lowest BCUT2D eigenvalue weighted by Gasteiger charge is -2.13. The fourth-order valence-corrected chi connectivity index (χ4v) is 3.46. The average molecular weight is 415 g/mol. The van der Waals surface area contributed by atoms with E-state index in [0.29, 0.717) is 35.7 Å². The van der Waals surface area contributed by atoms with Gasteiger partial charge in [-0.15, -0.1) is 0 Å². The lowest BCUT2D eigenvalue weighted by molar-refractivity contribution is -0.137. The molecular weight excluding hydrogens is 395 g/mol. The summed E-state index contributed by atoms with van der Waals surface area (Å²) < 4.78 is 44.2. The summed E-state index contributed by atoms with van der Waals surface area (Å²) >= 11 is 0. The predicted molar refractivity (Wildman–Crippen MR) is 109 cm³/mol. The first-order valence-corrected chi connectivity index (χ1v) is 9.58. The van der Waals surface area contributed by atoms with Crippen molar-refractivity contribution in [2.24, 2.45) is 0 Å². The van der Waals surface area contributed by atoms with Crippen LogP contribution < -0.4 is 10.6 Å². The zero-order valence-corrected chi connectivity index (χ0v) is 16.2. The molecule has 1 aromatic heterocycles. The van der Waals surface area contributed by atoms with Gasteiger partial charge in [-0.05, 0) is 67.8 Å². The summed E-state index contributed by atoms with van der Waals surface area (Å²) in [5.74, 6) is 0.274. The van der Waals surface area contributed by atoms with Crippen molar-refractivity contribution >= 4 is 34.0 Å². The van der Waals surface area contributed by atoms with Crippen molar-refractivity contribution in [2.75, 3.05) is 17.2 Å². The molecule has 4 rings (SSSR count). The Bertz CT molecular complexity index is 1090. The minimum atomic E-state index is -4.41. The van der Waals surface area contributed by atoms with Crippen LogP contribution in [0.4, 0.5) is 30.4 Å². The van der Waals surface area contributed by atoms with Crippen LogP contribution in [0, 0.1) is 6.92 Å². The van der Waals surface area contributed by atoms with Crippen LogP contribution in [-0.4, -0.2) is 23.6 Å². The van der Waals surface area contributed by atoms with E-state index in [4.69, 9.17) is 4.74 Å². The third-order valence-electron chi connectivity index (χ3n) is 4.97. The number of carbonyl (C=O) groups excluding carboxylic acids is 1. The Morgan fingerprint density at radius 1 is 1.13 bits per heavy atom. The largest absolute Gasteiger partial charge is 0.416 e. The number of aromatic nitrogens is 1. The van der Waals surface area contributed by atoms with Gasteiger partial charge in [-0.3, -0.25) is 4.79 Å². The minimum Gasteiger partial charge on any atom is -0.368 e. The van der Waals surface area contributed by atoms with E-state index in [-0.39, 0.29) is 5.91 Å². The summed E-state index contributed by atoms with van der Waals surface area (Å²) in [5, 5.41) is 6.64. The van der Waals surface area contributed by atoms with Gasteiger partial charge in [0.15, 0.2) is 0 Å². The van der Waals surface area contributed by atoms with Gasteiger partial charge in [0.2, 0.25) is 0 Å². The number of nitrogens with zero attached hydrogens (tertiary/aromatic N) is 1. The van der Waals surface area contributed by atoms with E-state index < -0.39 is 17.8 Å². The van der Waals surface area contributed by atoms with Crippen LogP contribution in [0.1, 0.15) is 24.0 Å². The first kappa shape index (κ1) is 20.2. The maximum absolute atomic E-state index is 12.9. The second-order valence-electron chi connectivity index (χ2n) is 7.25. The van der Waals surface area contributed by atoms with E-state index in [9.17, 15) is 18.0 Å². The van der Waals surface area contributed by atoms with Crippen molar-refractivity contribution in [1.82, 2.24) is 4.98 Å². The zero-order chi connectivity index (χ0) is 21.3. The second-order valence-corrected chi connectivity index (χ2v) is 7.25. The molecule has 1 aliphatic rings. The average Bonchev–Trinajstić information content (AvgIpc) is 3.23. The maximum atomic E-state index is 12.9. The molecule has 0 aliphatic carbocycles. The van der Waals surface area contributed by atoms with Crippen LogP contribution in [0.25, 0.3) is 10.9 Å². The smallest absolute Gasteiger partial charge is 0.368 e. The molecule has 1 saturated heterocycles. The molecule has 8 heteroatoms. The van der Waals surface area contributed by atoms with Crippen molar-refractivity contribution in [3.63, 3.8) is 0 Å². The molecule has 1 unspecified atom stereocenters.